The van der Waals surface area contributed by atoms with E-state index in [0.29, 0.717) is 13.2 Å². The van der Waals surface area contributed by atoms with Crippen molar-refractivity contribution in [3.8, 4) is 11.5 Å². The van der Waals surface area contributed by atoms with E-state index in [1.54, 1.807) is 12.1 Å². The Balaban J connectivity index is 1.61. The number of phenols is 1. The lowest BCUT2D eigenvalue weighted by atomic mass is 10.1. The summed E-state index contributed by atoms with van der Waals surface area (Å²) in [5.41, 5.74) is 0.267. The molecule has 0 aliphatic rings. The summed E-state index contributed by atoms with van der Waals surface area (Å²) in [5.74, 6) is 0.422. The first kappa shape index (κ1) is 14.9. The molecule has 23 heavy (non-hydrogen) atoms. The van der Waals surface area contributed by atoms with E-state index in [1.165, 1.54) is 0 Å². The Hall–Kier alpha value is -3.01. The first-order valence-corrected chi connectivity index (χ1v) is 7.42. The molecule has 0 aromatic heterocycles. The topological polar surface area (TPSA) is 58.6 Å². The van der Waals surface area contributed by atoms with Gasteiger partial charge in [0.25, 0.3) is 5.91 Å². The fraction of sp³-hybridized carbons (Fsp3) is 0.105. The van der Waals surface area contributed by atoms with Gasteiger partial charge in [-0.05, 0) is 35.0 Å². The van der Waals surface area contributed by atoms with Gasteiger partial charge in [-0.25, -0.2) is 0 Å². The molecule has 4 nitrogen and oxygen atoms in total. The van der Waals surface area contributed by atoms with Crippen LogP contribution in [0.3, 0.4) is 0 Å². The molecule has 1 amide bonds. The summed E-state index contributed by atoms with van der Waals surface area (Å²) in [7, 11) is 0. The Labute approximate surface area is 134 Å². The predicted molar refractivity (Wildman–Crippen MR) is 89.9 cm³/mol. The fourth-order valence-electron chi connectivity index (χ4n) is 2.36. The number of benzene rings is 3. The number of hydrogen-bond donors (Lipinski definition) is 2. The van der Waals surface area contributed by atoms with E-state index < -0.39 is 0 Å². The third-order valence-electron chi connectivity index (χ3n) is 3.51. The average Bonchev–Trinajstić information content (AvgIpc) is 2.59. The van der Waals surface area contributed by atoms with E-state index in [4.69, 9.17) is 4.74 Å². The third-order valence-corrected chi connectivity index (χ3v) is 3.51. The van der Waals surface area contributed by atoms with Crippen molar-refractivity contribution >= 4 is 16.7 Å². The molecule has 2 N–H and O–H groups in total. The van der Waals surface area contributed by atoms with E-state index in [9.17, 15) is 9.90 Å². The molecule has 3 rings (SSSR count). The van der Waals surface area contributed by atoms with E-state index in [-0.39, 0.29) is 17.2 Å². The molecule has 0 aliphatic heterocycles. The second-order valence-corrected chi connectivity index (χ2v) is 5.13. The summed E-state index contributed by atoms with van der Waals surface area (Å²) in [6, 6.07) is 20.3. The van der Waals surface area contributed by atoms with Crippen molar-refractivity contribution in [3.05, 3.63) is 72.3 Å². The van der Waals surface area contributed by atoms with Gasteiger partial charge in [0.2, 0.25) is 0 Å². The Kier molecular flexibility index (Phi) is 4.43. The number of carbonyl (C=O) groups is 1. The molecule has 4 heteroatoms. The number of ether oxygens (including phenoxy) is 1. The zero-order valence-corrected chi connectivity index (χ0v) is 12.5. The first-order valence-electron chi connectivity index (χ1n) is 7.42. The molecule has 0 heterocycles. The quantitative estimate of drug-likeness (QED) is 0.711. The number of rotatable bonds is 5. The molecule has 0 fully saturated rings. The summed E-state index contributed by atoms with van der Waals surface area (Å²) >= 11 is 0. The van der Waals surface area contributed by atoms with E-state index >= 15 is 0 Å². The number of fused-ring (bicyclic) bond motifs is 1. The van der Waals surface area contributed by atoms with Gasteiger partial charge >= 0.3 is 0 Å². The molecule has 0 atom stereocenters. The predicted octanol–water partition coefficient (Wildman–Crippen LogP) is 3.35. The van der Waals surface area contributed by atoms with Crippen LogP contribution < -0.4 is 10.1 Å². The van der Waals surface area contributed by atoms with Gasteiger partial charge in [-0.2, -0.15) is 0 Å². The largest absolute Gasteiger partial charge is 0.507 e. The zero-order valence-electron chi connectivity index (χ0n) is 12.5. The Morgan fingerprint density at radius 3 is 2.35 bits per heavy atom. The summed E-state index contributed by atoms with van der Waals surface area (Å²) < 4.78 is 5.52. The summed E-state index contributed by atoms with van der Waals surface area (Å²) in [4.78, 5) is 12.2. The number of hydrogen-bond acceptors (Lipinski definition) is 3. The van der Waals surface area contributed by atoms with Gasteiger partial charge in [-0.15, -0.1) is 0 Å². The van der Waals surface area contributed by atoms with Crippen LogP contribution in [0.5, 0.6) is 11.5 Å². The Morgan fingerprint density at radius 1 is 0.957 bits per heavy atom. The van der Waals surface area contributed by atoms with Crippen molar-refractivity contribution in [1.82, 2.24) is 5.32 Å². The van der Waals surface area contributed by atoms with Crippen LogP contribution in [0.1, 0.15) is 10.4 Å². The standard InChI is InChI=1S/C19H17NO3/c21-18-13-15-7-5-4-6-14(15)12-17(18)19(22)20-10-11-23-16-8-2-1-3-9-16/h1-9,12-13,21H,10-11H2,(H,20,22). The maximum atomic E-state index is 12.2. The Morgan fingerprint density at radius 2 is 1.61 bits per heavy atom. The number of nitrogens with one attached hydrogen (secondary N) is 1. The van der Waals surface area contributed by atoms with Crippen molar-refractivity contribution in [2.24, 2.45) is 0 Å². The average molecular weight is 307 g/mol. The molecule has 0 saturated carbocycles. The van der Waals surface area contributed by atoms with Gasteiger partial charge in [0.1, 0.15) is 18.1 Å². The molecule has 0 saturated heterocycles. The molecule has 0 aliphatic carbocycles. The number of aromatic hydroxyl groups is 1. The van der Waals surface area contributed by atoms with E-state index in [0.717, 1.165) is 16.5 Å². The van der Waals surface area contributed by atoms with Gasteiger partial charge < -0.3 is 15.2 Å². The fourth-order valence-corrected chi connectivity index (χ4v) is 2.36. The number of carbonyl (C=O) groups excluding carboxylic acids is 1. The highest BCUT2D eigenvalue weighted by molar-refractivity contribution is 6.01. The van der Waals surface area contributed by atoms with E-state index in [1.807, 2.05) is 54.6 Å². The SMILES string of the molecule is O=C(NCCOc1ccccc1)c1cc2ccccc2cc1O. The van der Waals surface area contributed by atoms with Crippen molar-refractivity contribution in [2.75, 3.05) is 13.2 Å². The lowest BCUT2D eigenvalue weighted by Crippen LogP contribution is -2.28. The first-order chi connectivity index (χ1) is 11.2. The lowest BCUT2D eigenvalue weighted by molar-refractivity contribution is 0.0944. The van der Waals surface area contributed by atoms with Crippen molar-refractivity contribution in [1.29, 1.82) is 0 Å². The van der Waals surface area contributed by atoms with E-state index in [2.05, 4.69) is 5.32 Å². The molecule has 0 bridgehead atoms. The van der Waals surface area contributed by atoms with Crippen LogP contribution in [0, 0.1) is 0 Å². The highest BCUT2D eigenvalue weighted by atomic mass is 16.5. The molecule has 3 aromatic carbocycles. The molecular weight excluding hydrogens is 290 g/mol. The van der Waals surface area contributed by atoms with Gasteiger partial charge in [-0.1, -0.05) is 42.5 Å². The van der Waals surface area contributed by atoms with Gasteiger partial charge in [-0.3, -0.25) is 4.79 Å². The number of para-hydroxylation sites is 1. The maximum Gasteiger partial charge on any atom is 0.255 e. The molecule has 0 radical (unpaired) electrons. The van der Waals surface area contributed by atoms with Crippen LogP contribution in [0.2, 0.25) is 0 Å². The van der Waals surface area contributed by atoms with Gasteiger partial charge in [0.15, 0.2) is 0 Å². The van der Waals surface area contributed by atoms with Gasteiger partial charge in [0.05, 0.1) is 12.1 Å². The molecular formula is C19H17NO3. The van der Waals surface area contributed by atoms with Crippen LogP contribution in [0.15, 0.2) is 66.7 Å². The smallest absolute Gasteiger partial charge is 0.255 e. The molecule has 116 valence electrons. The lowest BCUT2D eigenvalue weighted by Gasteiger charge is -2.09. The van der Waals surface area contributed by atoms with Crippen molar-refractivity contribution in [2.45, 2.75) is 0 Å². The van der Waals surface area contributed by atoms with Crippen LogP contribution in [-0.4, -0.2) is 24.2 Å². The second kappa shape index (κ2) is 6.83. The number of phenolic OH excluding ortho intramolecular Hbond substituents is 1. The minimum Gasteiger partial charge on any atom is -0.507 e. The summed E-state index contributed by atoms with van der Waals surface area (Å²) in [6.45, 7) is 0.726. The van der Waals surface area contributed by atoms with Crippen LogP contribution in [0.4, 0.5) is 0 Å². The normalized spacial score (nSPS) is 10.4. The highest BCUT2D eigenvalue weighted by Crippen LogP contribution is 2.24. The zero-order chi connectivity index (χ0) is 16.1. The minimum atomic E-state index is -0.315. The summed E-state index contributed by atoms with van der Waals surface area (Å²) in [5, 5.41) is 14.6. The Bertz CT molecular complexity index is 815. The second-order valence-electron chi connectivity index (χ2n) is 5.13. The van der Waals surface area contributed by atoms with Crippen LogP contribution >= 0.6 is 0 Å². The number of amides is 1. The van der Waals surface area contributed by atoms with Crippen LogP contribution in [0.25, 0.3) is 10.8 Å². The minimum absolute atomic E-state index is 0.0230. The molecule has 0 unspecified atom stereocenters. The summed E-state index contributed by atoms with van der Waals surface area (Å²) in [6.07, 6.45) is 0. The third kappa shape index (κ3) is 3.61. The van der Waals surface area contributed by atoms with Gasteiger partial charge in [0, 0.05) is 0 Å². The maximum absolute atomic E-state index is 12.2. The molecule has 3 aromatic rings. The highest BCUT2D eigenvalue weighted by Gasteiger charge is 2.11. The van der Waals surface area contributed by atoms with Crippen LogP contribution in [-0.2, 0) is 0 Å². The monoisotopic (exact) mass is 307 g/mol. The van der Waals surface area contributed by atoms with Crippen molar-refractivity contribution in [3.63, 3.8) is 0 Å². The molecule has 0 spiro atoms. The van der Waals surface area contributed by atoms with Crippen molar-refractivity contribution < 1.29 is 14.6 Å².